The van der Waals surface area contributed by atoms with Crippen molar-refractivity contribution in [1.29, 1.82) is 0 Å². The molecule has 0 aliphatic rings. The maximum absolute atomic E-state index is 11.3. The Bertz CT molecular complexity index is 241. The van der Waals surface area contributed by atoms with Crippen LogP contribution in [0.3, 0.4) is 0 Å². The van der Waals surface area contributed by atoms with Crippen LogP contribution in [-0.4, -0.2) is 50.1 Å². The Morgan fingerprint density at radius 2 is 2.12 bits per heavy atom. The van der Waals surface area contributed by atoms with Crippen molar-refractivity contribution in [2.75, 3.05) is 33.4 Å². The number of ether oxygens (including phenoxy) is 1. The molecule has 0 atom stereocenters. The zero-order valence-electron chi connectivity index (χ0n) is 9.99. The Balaban J connectivity index is 3.86. The number of carbonyl (C=O) groups is 2. The van der Waals surface area contributed by atoms with Gasteiger partial charge in [-0.25, -0.2) is 0 Å². The van der Waals surface area contributed by atoms with Gasteiger partial charge in [-0.2, -0.15) is 0 Å². The predicted molar refractivity (Wildman–Crippen MR) is 62.0 cm³/mol. The van der Waals surface area contributed by atoms with Gasteiger partial charge in [-0.15, -0.1) is 6.58 Å². The molecule has 0 aliphatic heterocycles. The highest BCUT2D eigenvalue weighted by molar-refractivity contribution is 5.78. The maximum Gasteiger partial charge on any atom is 0.222 e. The van der Waals surface area contributed by atoms with Crippen molar-refractivity contribution in [3.8, 4) is 0 Å². The molecule has 0 bridgehead atoms. The van der Waals surface area contributed by atoms with Crippen molar-refractivity contribution in [3.63, 3.8) is 0 Å². The molecule has 0 saturated carbocycles. The topological polar surface area (TPSA) is 58.6 Å². The van der Waals surface area contributed by atoms with Gasteiger partial charge < -0.3 is 15.0 Å². The third-order valence-electron chi connectivity index (χ3n) is 2.06. The van der Waals surface area contributed by atoms with E-state index in [-0.39, 0.29) is 11.8 Å². The molecular formula is C11H20N2O3. The highest BCUT2D eigenvalue weighted by Crippen LogP contribution is 1.93. The average molecular weight is 228 g/mol. The summed E-state index contributed by atoms with van der Waals surface area (Å²) < 4.78 is 4.89. The lowest BCUT2D eigenvalue weighted by atomic mass is 10.3. The summed E-state index contributed by atoms with van der Waals surface area (Å²) in [5.74, 6) is -0.128. The normalized spacial score (nSPS) is 9.62. The summed E-state index contributed by atoms with van der Waals surface area (Å²) in [6.45, 7) is 6.85. The molecule has 0 radical (unpaired) electrons. The van der Waals surface area contributed by atoms with Crippen molar-refractivity contribution < 1.29 is 14.3 Å². The molecule has 0 aromatic carbocycles. The Labute approximate surface area is 96.4 Å². The van der Waals surface area contributed by atoms with E-state index < -0.39 is 0 Å². The van der Waals surface area contributed by atoms with Crippen LogP contribution in [0.2, 0.25) is 0 Å². The van der Waals surface area contributed by atoms with Crippen LogP contribution in [0.1, 0.15) is 13.3 Å². The molecule has 1 N–H and O–H groups in total. The molecule has 0 fully saturated rings. The first-order valence-electron chi connectivity index (χ1n) is 5.23. The van der Waals surface area contributed by atoms with Crippen molar-refractivity contribution >= 4 is 11.8 Å². The summed E-state index contributed by atoms with van der Waals surface area (Å²) >= 11 is 0. The summed E-state index contributed by atoms with van der Waals surface area (Å²) in [7, 11) is 1.58. The minimum Gasteiger partial charge on any atom is -0.383 e. The number of nitrogens with zero attached hydrogens (tertiary/aromatic N) is 1. The number of carbonyl (C=O) groups excluding carboxylic acids is 2. The van der Waals surface area contributed by atoms with E-state index in [1.54, 1.807) is 18.1 Å². The number of hydrogen-bond donors (Lipinski definition) is 1. The van der Waals surface area contributed by atoms with Crippen molar-refractivity contribution in [2.24, 2.45) is 0 Å². The van der Waals surface area contributed by atoms with Gasteiger partial charge in [0.1, 0.15) is 0 Å². The second kappa shape index (κ2) is 8.91. The zero-order chi connectivity index (χ0) is 12.4. The quantitative estimate of drug-likeness (QED) is 0.603. The molecule has 0 spiro atoms. The van der Waals surface area contributed by atoms with Crippen LogP contribution in [0.4, 0.5) is 0 Å². The number of methoxy groups -OCH3 is 1. The van der Waals surface area contributed by atoms with Crippen molar-refractivity contribution in [2.45, 2.75) is 13.3 Å². The first kappa shape index (κ1) is 14.6. The standard InChI is InChI=1S/C11H20N2O3/c1-4-6-12-11(15)5-7-13(10(2)14)8-9-16-3/h4H,1,5-9H2,2-3H3,(H,12,15). The van der Waals surface area contributed by atoms with Gasteiger partial charge in [0, 0.05) is 40.1 Å². The molecule has 0 saturated heterocycles. The first-order valence-corrected chi connectivity index (χ1v) is 5.23. The Morgan fingerprint density at radius 3 is 2.62 bits per heavy atom. The largest absolute Gasteiger partial charge is 0.383 e. The van der Waals surface area contributed by atoms with E-state index in [4.69, 9.17) is 4.74 Å². The van der Waals surface area contributed by atoms with E-state index in [1.807, 2.05) is 0 Å². The fourth-order valence-electron chi connectivity index (χ4n) is 1.14. The highest BCUT2D eigenvalue weighted by Gasteiger charge is 2.10. The van der Waals surface area contributed by atoms with Crippen LogP contribution in [0, 0.1) is 0 Å². The second-order valence-corrected chi connectivity index (χ2v) is 3.34. The average Bonchev–Trinajstić information content (AvgIpc) is 2.25. The van der Waals surface area contributed by atoms with Gasteiger partial charge in [0.25, 0.3) is 0 Å². The Hall–Kier alpha value is -1.36. The number of hydrogen-bond acceptors (Lipinski definition) is 3. The number of nitrogens with one attached hydrogen (secondary N) is 1. The minimum absolute atomic E-state index is 0.0476. The van der Waals surface area contributed by atoms with Gasteiger partial charge in [0.15, 0.2) is 0 Å². The van der Waals surface area contributed by atoms with Gasteiger partial charge in [0.2, 0.25) is 11.8 Å². The predicted octanol–water partition coefficient (Wildman–Crippen LogP) is 0.174. The molecule has 0 aliphatic carbocycles. The van der Waals surface area contributed by atoms with Gasteiger partial charge in [-0.1, -0.05) is 6.08 Å². The van der Waals surface area contributed by atoms with E-state index in [9.17, 15) is 9.59 Å². The lowest BCUT2D eigenvalue weighted by Crippen LogP contribution is -2.35. The first-order chi connectivity index (χ1) is 7.61. The molecule has 5 nitrogen and oxygen atoms in total. The van der Waals surface area contributed by atoms with Crippen LogP contribution < -0.4 is 5.32 Å². The molecule has 0 heterocycles. The van der Waals surface area contributed by atoms with Gasteiger partial charge in [-0.3, -0.25) is 9.59 Å². The van der Waals surface area contributed by atoms with E-state index in [0.717, 1.165) is 0 Å². The minimum atomic E-state index is -0.0800. The lowest BCUT2D eigenvalue weighted by molar-refractivity contribution is -0.130. The van der Waals surface area contributed by atoms with Crippen molar-refractivity contribution in [1.82, 2.24) is 10.2 Å². The smallest absolute Gasteiger partial charge is 0.222 e. The SMILES string of the molecule is C=CCNC(=O)CCN(CCOC)C(C)=O. The molecule has 92 valence electrons. The van der Waals surface area contributed by atoms with Gasteiger partial charge >= 0.3 is 0 Å². The fourth-order valence-corrected chi connectivity index (χ4v) is 1.14. The summed E-state index contributed by atoms with van der Waals surface area (Å²) in [5, 5.41) is 2.66. The van der Waals surface area contributed by atoms with Crippen molar-refractivity contribution in [3.05, 3.63) is 12.7 Å². The second-order valence-electron chi connectivity index (χ2n) is 3.34. The summed E-state index contributed by atoms with van der Waals surface area (Å²) in [6, 6.07) is 0. The maximum atomic E-state index is 11.3. The fraction of sp³-hybridized carbons (Fsp3) is 0.636. The monoisotopic (exact) mass is 228 g/mol. The van der Waals surface area contributed by atoms with E-state index in [0.29, 0.717) is 32.7 Å². The summed E-state index contributed by atoms with van der Waals surface area (Å²) in [5.41, 5.74) is 0. The van der Waals surface area contributed by atoms with Gasteiger partial charge in [0.05, 0.1) is 6.61 Å². The van der Waals surface area contributed by atoms with Crippen LogP contribution in [-0.2, 0) is 14.3 Å². The Kier molecular flexibility index (Phi) is 8.15. The lowest BCUT2D eigenvalue weighted by Gasteiger charge is -2.20. The molecule has 0 unspecified atom stereocenters. The highest BCUT2D eigenvalue weighted by atomic mass is 16.5. The van der Waals surface area contributed by atoms with Crippen LogP contribution in [0.15, 0.2) is 12.7 Å². The van der Waals surface area contributed by atoms with E-state index in [1.165, 1.54) is 6.92 Å². The molecule has 2 amide bonds. The molecule has 5 heteroatoms. The molecule has 0 aromatic rings. The van der Waals surface area contributed by atoms with E-state index >= 15 is 0 Å². The molecule has 16 heavy (non-hydrogen) atoms. The van der Waals surface area contributed by atoms with Gasteiger partial charge in [-0.05, 0) is 0 Å². The van der Waals surface area contributed by atoms with Crippen LogP contribution in [0.5, 0.6) is 0 Å². The number of amides is 2. The molecule has 0 rings (SSSR count). The number of rotatable bonds is 8. The van der Waals surface area contributed by atoms with E-state index in [2.05, 4.69) is 11.9 Å². The summed E-state index contributed by atoms with van der Waals surface area (Å²) in [4.78, 5) is 24.1. The third kappa shape index (κ3) is 7.00. The molecular weight excluding hydrogens is 208 g/mol. The summed E-state index contributed by atoms with van der Waals surface area (Å²) in [6.07, 6.45) is 1.92. The van der Waals surface area contributed by atoms with Crippen LogP contribution >= 0.6 is 0 Å². The Morgan fingerprint density at radius 1 is 1.44 bits per heavy atom. The zero-order valence-corrected chi connectivity index (χ0v) is 9.99. The van der Waals surface area contributed by atoms with Crippen LogP contribution in [0.25, 0.3) is 0 Å². The third-order valence-corrected chi connectivity index (χ3v) is 2.06. The molecule has 0 aromatic heterocycles.